The quantitative estimate of drug-likeness (QED) is 0.873. The first kappa shape index (κ1) is 17.0. The summed E-state index contributed by atoms with van der Waals surface area (Å²) in [7, 11) is -0.744. The second-order valence-electron chi connectivity index (χ2n) is 6.65. The van der Waals surface area contributed by atoms with Gasteiger partial charge in [0.2, 0.25) is 5.91 Å². The van der Waals surface area contributed by atoms with Crippen LogP contribution in [0.3, 0.4) is 0 Å². The Labute approximate surface area is 131 Å². The Morgan fingerprint density at radius 3 is 2.23 bits per heavy atom. The zero-order chi connectivity index (χ0) is 16.7. The topological polar surface area (TPSA) is 47.6 Å². The van der Waals surface area contributed by atoms with Crippen molar-refractivity contribution in [1.82, 2.24) is 0 Å². The number of nitrogens with one attached hydrogen (secondary N) is 1. The van der Waals surface area contributed by atoms with Crippen LogP contribution in [-0.4, -0.2) is 24.2 Å². The molecule has 1 fully saturated rings. The van der Waals surface area contributed by atoms with E-state index in [4.69, 9.17) is 9.31 Å². The van der Waals surface area contributed by atoms with Crippen LogP contribution in [0.2, 0.25) is 0 Å². The molecular formula is C16H23BFNO3. The van der Waals surface area contributed by atoms with E-state index in [0.717, 1.165) is 5.56 Å². The lowest BCUT2D eigenvalue weighted by Crippen LogP contribution is -2.41. The number of hydrogen-bond donors (Lipinski definition) is 1. The molecule has 6 heteroatoms. The summed E-state index contributed by atoms with van der Waals surface area (Å²) in [5, 5.41) is 2.61. The third-order valence-corrected chi connectivity index (χ3v) is 4.41. The average Bonchev–Trinajstić information content (AvgIpc) is 2.56. The Kier molecular flexibility index (Phi) is 4.37. The predicted octanol–water partition coefficient (Wildman–Crippen LogP) is 2.65. The lowest BCUT2D eigenvalue weighted by molar-refractivity contribution is -0.114. The van der Waals surface area contributed by atoms with Crippen LogP contribution >= 0.6 is 0 Å². The lowest BCUT2D eigenvalue weighted by Gasteiger charge is -2.32. The zero-order valence-corrected chi connectivity index (χ0v) is 14.0. The number of aryl methyl sites for hydroxylation is 1. The first-order valence-corrected chi connectivity index (χ1v) is 7.53. The molecule has 22 heavy (non-hydrogen) atoms. The molecule has 0 radical (unpaired) electrons. The van der Waals surface area contributed by atoms with Gasteiger partial charge >= 0.3 is 7.12 Å². The third-order valence-electron chi connectivity index (χ3n) is 4.41. The van der Waals surface area contributed by atoms with E-state index >= 15 is 0 Å². The van der Waals surface area contributed by atoms with Crippen LogP contribution < -0.4 is 10.8 Å². The summed E-state index contributed by atoms with van der Waals surface area (Å²) in [6.07, 6.45) is 0.615. The second-order valence-corrected chi connectivity index (χ2v) is 6.65. The van der Waals surface area contributed by atoms with E-state index in [1.54, 1.807) is 6.07 Å². The molecule has 0 aromatic heterocycles. The molecule has 0 saturated carbocycles. The zero-order valence-electron chi connectivity index (χ0n) is 14.0. The molecule has 1 N–H and O–H groups in total. The number of carbonyl (C=O) groups excluding carboxylic acids is 1. The molecule has 1 amide bonds. The number of hydrogen-bond acceptors (Lipinski definition) is 3. The van der Waals surface area contributed by atoms with Gasteiger partial charge in [-0.3, -0.25) is 4.79 Å². The summed E-state index contributed by atoms with van der Waals surface area (Å²) < 4.78 is 26.5. The number of rotatable bonds is 3. The number of carbonyl (C=O) groups is 1. The molecule has 0 spiro atoms. The molecule has 1 aromatic rings. The van der Waals surface area contributed by atoms with Crippen molar-refractivity contribution in [3.63, 3.8) is 0 Å². The maximum absolute atomic E-state index is 14.6. The van der Waals surface area contributed by atoms with Gasteiger partial charge in [0.25, 0.3) is 0 Å². The fraction of sp³-hybridized carbons (Fsp3) is 0.562. The molecule has 1 aromatic carbocycles. The minimum atomic E-state index is -0.744. The van der Waals surface area contributed by atoms with Gasteiger partial charge in [-0.05, 0) is 51.8 Å². The molecule has 2 rings (SSSR count). The normalized spacial score (nSPS) is 19.3. The van der Waals surface area contributed by atoms with Crippen LogP contribution in [0.1, 0.15) is 47.1 Å². The number of amides is 1. The monoisotopic (exact) mass is 307 g/mol. The van der Waals surface area contributed by atoms with Gasteiger partial charge in [-0.25, -0.2) is 4.39 Å². The minimum absolute atomic E-state index is 0.232. The van der Waals surface area contributed by atoms with Crippen molar-refractivity contribution >= 4 is 24.2 Å². The number of benzene rings is 1. The highest BCUT2D eigenvalue weighted by atomic mass is 19.1. The Hall–Kier alpha value is -1.40. The van der Waals surface area contributed by atoms with Crippen LogP contribution in [-0.2, 0) is 20.5 Å². The highest BCUT2D eigenvalue weighted by molar-refractivity contribution is 6.62. The van der Waals surface area contributed by atoms with Crippen LogP contribution in [0, 0.1) is 5.82 Å². The van der Waals surface area contributed by atoms with Gasteiger partial charge in [0.15, 0.2) is 0 Å². The second kappa shape index (κ2) is 5.67. The molecule has 1 aliphatic rings. The van der Waals surface area contributed by atoms with Gasteiger partial charge in [0, 0.05) is 18.1 Å². The van der Waals surface area contributed by atoms with Crippen molar-refractivity contribution in [3.8, 4) is 0 Å². The molecule has 0 unspecified atom stereocenters. The van der Waals surface area contributed by atoms with Crippen molar-refractivity contribution in [2.45, 2.75) is 59.2 Å². The molecule has 1 aliphatic heterocycles. The van der Waals surface area contributed by atoms with Gasteiger partial charge in [0.05, 0.1) is 11.2 Å². The maximum atomic E-state index is 14.6. The average molecular weight is 307 g/mol. The lowest BCUT2D eigenvalue weighted by atomic mass is 9.74. The third kappa shape index (κ3) is 3.03. The highest BCUT2D eigenvalue weighted by Gasteiger charge is 2.52. The molecule has 1 heterocycles. The van der Waals surface area contributed by atoms with Crippen LogP contribution in [0.25, 0.3) is 0 Å². The van der Waals surface area contributed by atoms with Crippen LogP contribution in [0.4, 0.5) is 10.1 Å². The molecule has 120 valence electrons. The van der Waals surface area contributed by atoms with E-state index in [-0.39, 0.29) is 5.91 Å². The van der Waals surface area contributed by atoms with E-state index in [1.807, 2.05) is 34.6 Å². The summed E-state index contributed by atoms with van der Waals surface area (Å²) in [6.45, 7) is 11.1. The summed E-state index contributed by atoms with van der Waals surface area (Å²) in [4.78, 5) is 11.2. The Balaban J connectivity index is 2.42. The van der Waals surface area contributed by atoms with Crippen LogP contribution in [0.15, 0.2) is 12.1 Å². The van der Waals surface area contributed by atoms with Gasteiger partial charge in [0.1, 0.15) is 5.82 Å². The minimum Gasteiger partial charge on any atom is -0.399 e. The highest BCUT2D eigenvalue weighted by Crippen LogP contribution is 2.37. The van der Waals surface area contributed by atoms with Crippen molar-refractivity contribution in [2.75, 3.05) is 5.32 Å². The summed E-state index contributed by atoms with van der Waals surface area (Å²) in [5.74, 6) is -0.661. The Bertz CT molecular complexity index is 585. The van der Waals surface area contributed by atoms with E-state index in [9.17, 15) is 9.18 Å². The van der Waals surface area contributed by atoms with Crippen molar-refractivity contribution in [2.24, 2.45) is 0 Å². The van der Waals surface area contributed by atoms with Crippen molar-refractivity contribution < 1.29 is 18.5 Å². The van der Waals surface area contributed by atoms with E-state index < -0.39 is 24.1 Å². The first-order chi connectivity index (χ1) is 10.1. The van der Waals surface area contributed by atoms with Gasteiger partial charge < -0.3 is 14.6 Å². The molecule has 0 bridgehead atoms. The summed E-state index contributed by atoms with van der Waals surface area (Å²) in [5.41, 5.74) is 0.580. The smallest absolute Gasteiger partial charge is 0.399 e. The first-order valence-electron chi connectivity index (χ1n) is 7.53. The molecule has 0 aliphatic carbocycles. The predicted molar refractivity (Wildman–Crippen MR) is 85.8 cm³/mol. The number of anilines is 1. The van der Waals surface area contributed by atoms with E-state index in [1.165, 1.54) is 13.0 Å². The maximum Gasteiger partial charge on any atom is 0.498 e. The largest absolute Gasteiger partial charge is 0.498 e. The fourth-order valence-corrected chi connectivity index (χ4v) is 2.47. The standard InChI is InChI=1S/C16H23BFNO3/c1-7-11-8-12(19-10(2)20)9-13(18)14(11)17-21-15(3,4)16(5,6)22-17/h8-9H,7H2,1-6H3,(H,19,20). The van der Waals surface area contributed by atoms with Gasteiger partial charge in [-0.15, -0.1) is 0 Å². The summed E-state index contributed by atoms with van der Waals surface area (Å²) in [6, 6.07) is 3.08. The van der Waals surface area contributed by atoms with Crippen molar-refractivity contribution in [1.29, 1.82) is 0 Å². The van der Waals surface area contributed by atoms with Gasteiger partial charge in [-0.1, -0.05) is 6.92 Å². The Morgan fingerprint density at radius 1 is 1.23 bits per heavy atom. The summed E-state index contributed by atoms with van der Waals surface area (Å²) >= 11 is 0. The molecule has 4 nitrogen and oxygen atoms in total. The van der Waals surface area contributed by atoms with E-state index in [2.05, 4.69) is 5.32 Å². The Morgan fingerprint density at radius 2 is 1.77 bits per heavy atom. The van der Waals surface area contributed by atoms with Crippen LogP contribution in [0.5, 0.6) is 0 Å². The van der Waals surface area contributed by atoms with Gasteiger partial charge in [-0.2, -0.15) is 0 Å². The van der Waals surface area contributed by atoms with E-state index in [0.29, 0.717) is 17.6 Å². The SMILES string of the molecule is CCc1cc(NC(C)=O)cc(F)c1B1OC(C)(C)C(C)(C)O1. The number of halogens is 1. The molecular weight excluding hydrogens is 284 g/mol. The fourth-order valence-electron chi connectivity index (χ4n) is 2.47. The molecule has 0 atom stereocenters. The van der Waals surface area contributed by atoms with Crippen molar-refractivity contribution in [3.05, 3.63) is 23.5 Å². The molecule has 1 saturated heterocycles.